The quantitative estimate of drug-likeness (QED) is 0.842. The summed E-state index contributed by atoms with van der Waals surface area (Å²) in [6, 6.07) is 5.19. The number of methoxy groups -OCH3 is 1. The van der Waals surface area contributed by atoms with Crippen LogP contribution in [0.25, 0.3) is 0 Å². The lowest BCUT2D eigenvalue weighted by atomic mass is 10.0. The molecule has 16 heavy (non-hydrogen) atoms. The molecule has 1 aliphatic heterocycles. The van der Waals surface area contributed by atoms with E-state index in [0.717, 1.165) is 13.1 Å². The highest BCUT2D eigenvalue weighted by Crippen LogP contribution is 2.27. The van der Waals surface area contributed by atoms with Crippen molar-refractivity contribution in [2.45, 2.75) is 0 Å². The summed E-state index contributed by atoms with van der Waals surface area (Å²) in [6.07, 6.45) is 0. The number of ether oxygens (including phenoxy) is 1. The van der Waals surface area contributed by atoms with E-state index in [1.54, 1.807) is 25.3 Å². The van der Waals surface area contributed by atoms with Gasteiger partial charge in [0.05, 0.1) is 18.1 Å². The molecule has 1 aromatic carbocycles. The molecule has 1 aliphatic rings. The third-order valence-corrected chi connectivity index (χ3v) is 2.87. The number of amides is 1. The second-order valence-electron chi connectivity index (χ2n) is 3.69. The van der Waals surface area contributed by atoms with Gasteiger partial charge in [-0.2, -0.15) is 0 Å². The number of benzene rings is 1. The molecule has 1 heterocycles. The van der Waals surface area contributed by atoms with E-state index < -0.39 is 0 Å². The van der Waals surface area contributed by atoms with E-state index in [2.05, 4.69) is 10.6 Å². The van der Waals surface area contributed by atoms with Crippen LogP contribution in [-0.4, -0.2) is 26.1 Å². The normalized spacial score (nSPS) is 15.4. The average molecular weight is 241 g/mol. The third kappa shape index (κ3) is 2.28. The van der Waals surface area contributed by atoms with Crippen molar-refractivity contribution in [3.8, 4) is 5.75 Å². The van der Waals surface area contributed by atoms with Crippen LogP contribution in [0, 0.1) is 5.92 Å². The average Bonchev–Trinajstić information content (AvgIpc) is 2.15. The third-order valence-electron chi connectivity index (χ3n) is 2.57. The number of nitrogens with one attached hydrogen (secondary N) is 2. The van der Waals surface area contributed by atoms with E-state index in [-0.39, 0.29) is 11.8 Å². The Kier molecular flexibility index (Phi) is 3.31. The van der Waals surface area contributed by atoms with Gasteiger partial charge in [0.2, 0.25) is 5.91 Å². The van der Waals surface area contributed by atoms with Crippen LogP contribution in [-0.2, 0) is 4.79 Å². The van der Waals surface area contributed by atoms with Crippen LogP contribution in [0.2, 0.25) is 5.02 Å². The minimum atomic E-state index is 0.0278. The molecule has 1 fully saturated rings. The van der Waals surface area contributed by atoms with E-state index in [1.807, 2.05) is 0 Å². The predicted octanol–water partition coefficient (Wildman–Crippen LogP) is 1.51. The minimum absolute atomic E-state index is 0.0278. The van der Waals surface area contributed by atoms with Gasteiger partial charge in [0.1, 0.15) is 5.75 Å². The number of rotatable bonds is 3. The van der Waals surface area contributed by atoms with Crippen molar-refractivity contribution >= 4 is 23.2 Å². The molecule has 86 valence electrons. The molecule has 0 aromatic heterocycles. The first-order valence-electron chi connectivity index (χ1n) is 5.06. The minimum Gasteiger partial charge on any atom is -0.495 e. The number of anilines is 1. The molecule has 5 heteroatoms. The summed E-state index contributed by atoms with van der Waals surface area (Å²) in [5.74, 6) is 0.700. The number of hydrogen-bond donors (Lipinski definition) is 2. The van der Waals surface area contributed by atoms with Crippen LogP contribution in [0.15, 0.2) is 18.2 Å². The molecule has 2 N–H and O–H groups in total. The van der Waals surface area contributed by atoms with E-state index in [9.17, 15) is 4.79 Å². The summed E-state index contributed by atoms with van der Waals surface area (Å²) in [7, 11) is 1.56. The summed E-state index contributed by atoms with van der Waals surface area (Å²) in [5.41, 5.74) is 0.697. The van der Waals surface area contributed by atoms with Gasteiger partial charge in [-0.1, -0.05) is 11.6 Å². The van der Waals surface area contributed by atoms with Crippen LogP contribution >= 0.6 is 11.6 Å². The number of halogens is 1. The van der Waals surface area contributed by atoms with Gasteiger partial charge in [-0.15, -0.1) is 0 Å². The maximum atomic E-state index is 11.6. The first-order chi connectivity index (χ1) is 7.70. The monoisotopic (exact) mass is 240 g/mol. The smallest absolute Gasteiger partial charge is 0.230 e. The molecule has 0 aliphatic carbocycles. The van der Waals surface area contributed by atoms with Crippen molar-refractivity contribution in [2.75, 3.05) is 25.5 Å². The van der Waals surface area contributed by atoms with Gasteiger partial charge in [0, 0.05) is 18.8 Å². The Labute approximate surface area is 98.9 Å². The zero-order valence-electron chi connectivity index (χ0n) is 8.92. The largest absolute Gasteiger partial charge is 0.495 e. The standard InChI is InChI=1S/C11H13ClN2O2/c1-16-10-3-2-8(4-9(10)12)14-11(15)7-5-13-6-7/h2-4,7,13H,5-6H2,1H3,(H,14,15). The Hall–Kier alpha value is -1.26. The van der Waals surface area contributed by atoms with Gasteiger partial charge < -0.3 is 15.4 Å². The van der Waals surface area contributed by atoms with Crippen LogP contribution in [0.4, 0.5) is 5.69 Å². The first-order valence-corrected chi connectivity index (χ1v) is 5.43. The first kappa shape index (κ1) is 11.2. The van der Waals surface area contributed by atoms with Gasteiger partial charge in [0.25, 0.3) is 0 Å². The van der Waals surface area contributed by atoms with Crippen molar-refractivity contribution in [3.05, 3.63) is 23.2 Å². The van der Waals surface area contributed by atoms with Gasteiger partial charge in [0.15, 0.2) is 0 Å². The van der Waals surface area contributed by atoms with Gasteiger partial charge in [-0.05, 0) is 18.2 Å². The zero-order valence-corrected chi connectivity index (χ0v) is 9.67. The molecule has 0 unspecified atom stereocenters. The van der Waals surface area contributed by atoms with Gasteiger partial charge >= 0.3 is 0 Å². The second-order valence-corrected chi connectivity index (χ2v) is 4.10. The molecule has 1 aromatic rings. The van der Waals surface area contributed by atoms with Crippen LogP contribution < -0.4 is 15.4 Å². The van der Waals surface area contributed by atoms with E-state index >= 15 is 0 Å². The molecule has 0 atom stereocenters. The Morgan fingerprint density at radius 2 is 2.31 bits per heavy atom. The lowest BCUT2D eigenvalue weighted by molar-refractivity contribution is -0.121. The van der Waals surface area contributed by atoms with Gasteiger partial charge in [-0.3, -0.25) is 4.79 Å². The Morgan fingerprint density at radius 3 is 2.81 bits per heavy atom. The fraction of sp³-hybridized carbons (Fsp3) is 0.364. The summed E-state index contributed by atoms with van der Waals surface area (Å²) < 4.78 is 5.03. The lowest BCUT2D eigenvalue weighted by Gasteiger charge is -2.25. The summed E-state index contributed by atoms with van der Waals surface area (Å²) in [4.78, 5) is 11.6. The highest BCUT2D eigenvalue weighted by atomic mass is 35.5. The topological polar surface area (TPSA) is 50.4 Å². The SMILES string of the molecule is COc1ccc(NC(=O)C2CNC2)cc1Cl. The molecule has 1 amide bonds. The van der Waals surface area contributed by atoms with Crippen molar-refractivity contribution in [2.24, 2.45) is 5.92 Å². The van der Waals surface area contributed by atoms with Crippen molar-refractivity contribution in [3.63, 3.8) is 0 Å². The molecule has 0 spiro atoms. The maximum Gasteiger partial charge on any atom is 0.230 e. The fourth-order valence-corrected chi connectivity index (χ4v) is 1.72. The van der Waals surface area contributed by atoms with Crippen molar-refractivity contribution in [1.82, 2.24) is 5.32 Å². The summed E-state index contributed by atoms with van der Waals surface area (Å²) in [5, 5.41) is 6.36. The molecule has 0 radical (unpaired) electrons. The molecule has 2 rings (SSSR count). The molecule has 4 nitrogen and oxygen atoms in total. The molecular weight excluding hydrogens is 228 g/mol. The maximum absolute atomic E-state index is 11.6. The van der Waals surface area contributed by atoms with E-state index in [1.165, 1.54) is 0 Å². The number of carbonyl (C=O) groups excluding carboxylic acids is 1. The van der Waals surface area contributed by atoms with E-state index in [4.69, 9.17) is 16.3 Å². The fourth-order valence-electron chi connectivity index (χ4n) is 1.46. The highest BCUT2D eigenvalue weighted by Gasteiger charge is 2.24. The Morgan fingerprint density at radius 1 is 1.56 bits per heavy atom. The Bertz CT molecular complexity index is 405. The second kappa shape index (κ2) is 4.72. The van der Waals surface area contributed by atoms with Crippen LogP contribution in [0.3, 0.4) is 0 Å². The lowest BCUT2D eigenvalue weighted by Crippen LogP contribution is -2.48. The number of carbonyl (C=O) groups is 1. The molecule has 1 saturated heterocycles. The highest BCUT2D eigenvalue weighted by molar-refractivity contribution is 6.32. The number of hydrogen-bond acceptors (Lipinski definition) is 3. The Balaban J connectivity index is 2.03. The van der Waals surface area contributed by atoms with Crippen molar-refractivity contribution < 1.29 is 9.53 Å². The molecule has 0 saturated carbocycles. The summed E-state index contributed by atoms with van der Waals surface area (Å²) >= 11 is 5.95. The van der Waals surface area contributed by atoms with E-state index in [0.29, 0.717) is 16.5 Å². The summed E-state index contributed by atoms with van der Waals surface area (Å²) in [6.45, 7) is 1.49. The predicted molar refractivity (Wildman–Crippen MR) is 63.0 cm³/mol. The van der Waals surface area contributed by atoms with Gasteiger partial charge in [-0.25, -0.2) is 0 Å². The molecule has 0 bridgehead atoms. The van der Waals surface area contributed by atoms with Crippen molar-refractivity contribution in [1.29, 1.82) is 0 Å². The van der Waals surface area contributed by atoms with Crippen LogP contribution in [0.1, 0.15) is 0 Å². The van der Waals surface area contributed by atoms with Crippen LogP contribution in [0.5, 0.6) is 5.75 Å². The molecular formula is C11H13ClN2O2. The zero-order chi connectivity index (χ0) is 11.5.